The number of rotatable bonds is 8. The number of thioether (sulfide) groups is 1. The molecule has 1 rings (SSSR count). The van der Waals surface area contributed by atoms with E-state index in [1.165, 1.54) is 0 Å². The van der Waals surface area contributed by atoms with E-state index in [4.69, 9.17) is 10.2 Å². The van der Waals surface area contributed by atoms with Crippen LogP contribution in [0.4, 0.5) is 4.79 Å². The molecule has 0 spiro atoms. The van der Waals surface area contributed by atoms with Crippen LogP contribution in [-0.4, -0.2) is 64.4 Å². The second kappa shape index (κ2) is 9.07. The van der Waals surface area contributed by atoms with Crippen LogP contribution in [0.3, 0.4) is 0 Å². The van der Waals surface area contributed by atoms with Crippen molar-refractivity contribution in [2.45, 2.75) is 44.2 Å². The number of nitrogens with one attached hydrogen (secondary N) is 1. The summed E-state index contributed by atoms with van der Waals surface area (Å²) in [4.78, 5) is 25.0. The molecule has 0 saturated heterocycles. The summed E-state index contributed by atoms with van der Waals surface area (Å²) in [6.45, 7) is 0.151. The fourth-order valence-electron chi connectivity index (χ4n) is 2.50. The van der Waals surface area contributed by atoms with Gasteiger partial charge in [-0.2, -0.15) is 11.8 Å². The number of carbonyl (C=O) groups is 2. The Kier molecular flexibility index (Phi) is 7.76. The van der Waals surface area contributed by atoms with Gasteiger partial charge in [0, 0.05) is 12.6 Å². The highest BCUT2D eigenvalue weighted by molar-refractivity contribution is 7.98. The third kappa shape index (κ3) is 5.20. The van der Waals surface area contributed by atoms with Crippen molar-refractivity contribution in [1.82, 2.24) is 10.2 Å². The molecule has 0 bridgehead atoms. The molecule has 0 radical (unpaired) electrons. The quantitative estimate of drug-likeness (QED) is 0.625. The first-order valence-electron chi connectivity index (χ1n) is 7.00. The van der Waals surface area contributed by atoms with E-state index >= 15 is 0 Å². The molecule has 0 aromatic rings. The Balaban J connectivity index is 2.60. The van der Waals surface area contributed by atoms with Crippen LogP contribution in [-0.2, 0) is 4.79 Å². The Morgan fingerprint density at radius 1 is 1.40 bits per heavy atom. The van der Waals surface area contributed by atoms with Gasteiger partial charge in [0.15, 0.2) is 0 Å². The second-order valence-corrected chi connectivity index (χ2v) is 5.96. The van der Waals surface area contributed by atoms with Crippen LogP contribution >= 0.6 is 11.8 Å². The summed E-state index contributed by atoms with van der Waals surface area (Å²) in [6, 6.07) is -1.12. The molecule has 1 atom stereocenters. The van der Waals surface area contributed by atoms with Gasteiger partial charge in [-0.15, -0.1) is 0 Å². The van der Waals surface area contributed by atoms with Gasteiger partial charge in [0.1, 0.15) is 6.04 Å². The van der Waals surface area contributed by atoms with E-state index in [2.05, 4.69) is 5.32 Å². The van der Waals surface area contributed by atoms with Gasteiger partial charge >= 0.3 is 12.0 Å². The summed E-state index contributed by atoms with van der Waals surface area (Å²) in [6.07, 6.45) is 6.31. The lowest BCUT2D eigenvalue weighted by atomic mass is 10.2. The van der Waals surface area contributed by atoms with E-state index in [0.717, 1.165) is 25.7 Å². The Morgan fingerprint density at radius 2 is 2.05 bits per heavy atom. The molecule has 0 aromatic carbocycles. The summed E-state index contributed by atoms with van der Waals surface area (Å²) < 4.78 is 0. The predicted octanol–water partition coefficient (Wildman–Crippen LogP) is 1.14. The highest BCUT2D eigenvalue weighted by atomic mass is 32.2. The molecule has 7 heteroatoms. The molecule has 6 nitrogen and oxygen atoms in total. The van der Waals surface area contributed by atoms with Crippen molar-refractivity contribution < 1.29 is 19.8 Å². The van der Waals surface area contributed by atoms with Gasteiger partial charge in [-0.1, -0.05) is 12.8 Å². The van der Waals surface area contributed by atoms with Gasteiger partial charge in [0.25, 0.3) is 0 Å². The predicted molar refractivity (Wildman–Crippen MR) is 79.0 cm³/mol. The van der Waals surface area contributed by atoms with Gasteiger partial charge in [0.2, 0.25) is 0 Å². The van der Waals surface area contributed by atoms with Gasteiger partial charge in [-0.05, 0) is 31.3 Å². The number of carbonyl (C=O) groups excluding carboxylic acids is 1. The summed E-state index contributed by atoms with van der Waals surface area (Å²) >= 11 is 1.55. The third-order valence-corrected chi connectivity index (χ3v) is 4.22. The monoisotopic (exact) mass is 304 g/mol. The molecular formula is C13H24N2O4S. The summed E-state index contributed by atoms with van der Waals surface area (Å²) in [7, 11) is 0. The zero-order chi connectivity index (χ0) is 15.0. The first-order chi connectivity index (χ1) is 9.60. The van der Waals surface area contributed by atoms with Crippen molar-refractivity contribution in [2.24, 2.45) is 0 Å². The maximum absolute atomic E-state index is 12.2. The molecule has 1 aliphatic rings. The van der Waals surface area contributed by atoms with E-state index in [9.17, 15) is 9.59 Å². The topological polar surface area (TPSA) is 89.9 Å². The number of aliphatic hydroxyl groups is 1. The number of urea groups is 1. The second-order valence-electron chi connectivity index (χ2n) is 4.98. The molecule has 20 heavy (non-hydrogen) atoms. The molecule has 0 aliphatic heterocycles. The molecule has 0 heterocycles. The smallest absolute Gasteiger partial charge is 0.326 e. The molecule has 2 amide bonds. The Morgan fingerprint density at radius 3 is 2.55 bits per heavy atom. The van der Waals surface area contributed by atoms with E-state index in [0.29, 0.717) is 12.2 Å². The lowest BCUT2D eigenvalue weighted by Crippen LogP contribution is -2.51. The molecule has 116 valence electrons. The van der Waals surface area contributed by atoms with Crippen LogP contribution in [0.15, 0.2) is 0 Å². The minimum atomic E-state index is -1.01. The molecule has 1 aliphatic carbocycles. The van der Waals surface area contributed by atoms with Gasteiger partial charge in [0.05, 0.1) is 6.61 Å². The standard InChI is InChI=1S/C13H24N2O4S/c1-20-9-6-11(12(17)18)14-13(19)15(7-8-16)10-4-2-3-5-10/h10-11,16H,2-9H2,1H3,(H,14,19)(H,17,18)/t11-/m0/s1. The maximum atomic E-state index is 12.2. The van der Waals surface area contributed by atoms with Crippen LogP contribution in [0, 0.1) is 0 Å². The fraction of sp³-hybridized carbons (Fsp3) is 0.846. The molecule has 3 N–H and O–H groups in total. The van der Waals surface area contributed by atoms with Crippen molar-refractivity contribution in [3.8, 4) is 0 Å². The van der Waals surface area contributed by atoms with Crippen molar-refractivity contribution >= 4 is 23.8 Å². The normalized spacial score (nSPS) is 16.9. The minimum absolute atomic E-state index is 0.105. The highest BCUT2D eigenvalue weighted by Gasteiger charge is 2.29. The first kappa shape index (κ1) is 17.1. The van der Waals surface area contributed by atoms with Gasteiger partial charge in [-0.3, -0.25) is 0 Å². The minimum Gasteiger partial charge on any atom is -0.480 e. The zero-order valence-electron chi connectivity index (χ0n) is 11.9. The van der Waals surface area contributed by atoms with Crippen LogP contribution in [0.1, 0.15) is 32.1 Å². The van der Waals surface area contributed by atoms with E-state index < -0.39 is 12.0 Å². The lowest BCUT2D eigenvalue weighted by Gasteiger charge is -2.29. The van der Waals surface area contributed by atoms with Gasteiger partial charge < -0.3 is 20.4 Å². The van der Waals surface area contributed by atoms with E-state index in [1.54, 1.807) is 16.7 Å². The molecule has 0 unspecified atom stereocenters. The fourth-order valence-corrected chi connectivity index (χ4v) is 2.97. The Bertz CT molecular complexity index is 321. The molecular weight excluding hydrogens is 280 g/mol. The average molecular weight is 304 g/mol. The van der Waals surface area contributed by atoms with Crippen molar-refractivity contribution in [3.05, 3.63) is 0 Å². The number of aliphatic hydroxyl groups excluding tert-OH is 1. The summed E-state index contributed by atoms with van der Waals surface area (Å²) in [5.74, 6) is -0.330. The molecule has 1 saturated carbocycles. The number of amides is 2. The van der Waals surface area contributed by atoms with Crippen LogP contribution in [0.25, 0.3) is 0 Å². The lowest BCUT2D eigenvalue weighted by molar-refractivity contribution is -0.139. The van der Waals surface area contributed by atoms with Crippen LogP contribution in [0.5, 0.6) is 0 Å². The highest BCUT2D eigenvalue weighted by Crippen LogP contribution is 2.23. The first-order valence-corrected chi connectivity index (χ1v) is 8.39. The van der Waals surface area contributed by atoms with Crippen LogP contribution < -0.4 is 5.32 Å². The summed E-state index contributed by atoms with van der Waals surface area (Å²) in [5.41, 5.74) is 0. The number of carboxylic acid groups (broad SMARTS) is 1. The van der Waals surface area contributed by atoms with Gasteiger partial charge in [-0.25, -0.2) is 9.59 Å². The van der Waals surface area contributed by atoms with E-state index in [-0.39, 0.29) is 25.2 Å². The number of nitrogens with zero attached hydrogens (tertiary/aromatic N) is 1. The largest absolute Gasteiger partial charge is 0.480 e. The summed E-state index contributed by atoms with van der Waals surface area (Å²) in [5, 5.41) is 20.8. The SMILES string of the molecule is CSCC[C@H](NC(=O)N(CCO)C1CCCC1)C(=O)O. The molecule has 0 aromatic heterocycles. The third-order valence-electron chi connectivity index (χ3n) is 3.57. The number of carboxylic acids is 1. The number of aliphatic carboxylic acids is 1. The number of hydrogen-bond acceptors (Lipinski definition) is 4. The number of hydrogen-bond donors (Lipinski definition) is 3. The van der Waals surface area contributed by atoms with Crippen molar-refractivity contribution in [2.75, 3.05) is 25.2 Å². The zero-order valence-corrected chi connectivity index (χ0v) is 12.7. The maximum Gasteiger partial charge on any atom is 0.326 e. The van der Waals surface area contributed by atoms with E-state index in [1.807, 2.05) is 6.26 Å². The Hall–Kier alpha value is -0.950. The Labute approximate surface area is 123 Å². The average Bonchev–Trinajstić information content (AvgIpc) is 2.93. The van der Waals surface area contributed by atoms with Crippen molar-refractivity contribution in [1.29, 1.82) is 0 Å². The molecule has 1 fully saturated rings. The van der Waals surface area contributed by atoms with Crippen molar-refractivity contribution in [3.63, 3.8) is 0 Å². The van der Waals surface area contributed by atoms with Crippen LogP contribution in [0.2, 0.25) is 0 Å².